The Kier molecular flexibility index (Phi) is 5.69. The Balaban J connectivity index is 2.37. The van der Waals surface area contributed by atoms with Crippen molar-refractivity contribution in [1.82, 2.24) is 0 Å². The van der Waals surface area contributed by atoms with Crippen LogP contribution in [0, 0.1) is 40.5 Å². The molecule has 14 heteroatoms. The lowest BCUT2D eigenvalue weighted by Crippen LogP contribution is -2.26. The number of anilines is 3. The molecule has 0 saturated carbocycles. The van der Waals surface area contributed by atoms with Crippen LogP contribution < -0.4 is 9.47 Å². The molecule has 0 fully saturated rings. The summed E-state index contributed by atoms with van der Waals surface area (Å²) in [5, 5.41) is 45.6. The van der Waals surface area contributed by atoms with Gasteiger partial charge in [-0.15, -0.1) is 0 Å². The zero-order chi connectivity index (χ0) is 23.6. The highest BCUT2D eigenvalue weighted by molar-refractivity contribution is 5.87. The van der Waals surface area contributed by atoms with E-state index >= 15 is 0 Å². The van der Waals surface area contributed by atoms with E-state index in [2.05, 4.69) is 0 Å². The monoisotopic (exact) mass is 441 g/mol. The highest BCUT2D eigenvalue weighted by atomic mass is 16.6. The number of pyridine rings is 1. The Hall–Kier alpha value is -5.01. The fraction of sp³-hybridized carbons (Fsp3) is 0.0556. The summed E-state index contributed by atoms with van der Waals surface area (Å²) in [6, 6.07) is 8.73. The van der Waals surface area contributed by atoms with Gasteiger partial charge in [0.2, 0.25) is 0 Å². The first kappa shape index (κ1) is 21.7. The molecule has 0 aliphatic heterocycles. The Bertz CT molecular complexity index is 1190. The average molecular weight is 441 g/mol. The first-order valence-electron chi connectivity index (χ1n) is 8.71. The summed E-state index contributed by atoms with van der Waals surface area (Å²) < 4.78 is 1.65. The van der Waals surface area contributed by atoms with Crippen molar-refractivity contribution in [3.05, 3.63) is 101 Å². The van der Waals surface area contributed by atoms with Gasteiger partial charge < -0.3 is 0 Å². The van der Waals surface area contributed by atoms with E-state index in [9.17, 15) is 40.5 Å². The van der Waals surface area contributed by atoms with Crippen molar-refractivity contribution in [2.75, 3.05) is 4.90 Å². The second-order valence-electron chi connectivity index (χ2n) is 6.43. The van der Waals surface area contributed by atoms with Gasteiger partial charge in [0.15, 0.2) is 12.4 Å². The number of hydrogen-bond acceptors (Lipinski definition) is 9. The Morgan fingerprint density at radius 2 is 1.06 bits per heavy atom. The van der Waals surface area contributed by atoms with E-state index in [1.165, 1.54) is 12.1 Å². The normalized spacial score (nSPS) is 10.4. The van der Waals surface area contributed by atoms with Gasteiger partial charge >= 0.3 is 0 Å². The van der Waals surface area contributed by atoms with Crippen molar-refractivity contribution < 1.29 is 24.3 Å². The van der Waals surface area contributed by atoms with Crippen LogP contribution in [0.5, 0.6) is 0 Å². The van der Waals surface area contributed by atoms with Crippen LogP contribution in [0.25, 0.3) is 0 Å². The highest BCUT2D eigenvalue weighted by Crippen LogP contribution is 2.45. The lowest BCUT2D eigenvalue weighted by Gasteiger charge is -2.24. The molecule has 3 rings (SSSR count). The lowest BCUT2D eigenvalue weighted by atomic mass is 10.1. The fourth-order valence-corrected chi connectivity index (χ4v) is 2.97. The average Bonchev–Trinajstić information content (AvgIpc) is 2.75. The van der Waals surface area contributed by atoms with Gasteiger partial charge in [0.25, 0.3) is 22.7 Å². The van der Waals surface area contributed by atoms with Gasteiger partial charge in [0.1, 0.15) is 18.4 Å². The molecule has 0 N–H and O–H groups in total. The molecular formula is C18H13N6O8+. The van der Waals surface area contributed by atoms with Gasteiger partial charge in [-0.2, -0.15) is 0 Å². The first-order valence-corrected chi connectivity index (χ1v) is 8.71. The summed E-state index contributed by atoms with van der Waals surface area (Å²) in [7, 11) is 1.71. The number of nitrogens with zero attached hydrogens (tertiary/aromatic N) is 6. The van der Waals surface area contributed by atoms with Crippen LogP contribution in [-0.2, 0) is 7.05 Å². The first-order chi connectivity index (χ1) is 15.1. The summed E-state index contributed by atoms with van der Waals surface area (Å²) in [6.45, 7) is 0. The maximum absolute atomic E-state index is 11.7. The number of aryl methyl sites for hydroxylation is 1. The molecule has 0 bridgehead atoms. The number of nitro benzene ring substituents is 4. The predicted octanol–water partition coefficient (Wildman–Crippen LogP) is 3.61. The number of hydrogen-bond donors (Lipinski definition) is 0. The zero-order valence-corrected chi connectivity index (χ0v) is 16.2. The molecule has 0 aliphatic rings. The lowest BCUT2D eigenvalue weighted by molar-refractivity contribution is -0.671. The number of benzene rings is 2. The van der Waals surface area contributed by atoms with E-state index in [0.717, 1.165) is 41.3 Å². The minimum absolute atomic E-state index is 0.202. The number of aromatic nitrogens is 1. The van der Waals surface area contributed by atoms with Crippen LogP contribution in [0.15, 0.2) is 60.9 Å². The number of non-ortho nitro benzene ring substituents is 2. The van der Waals surface area contributed by atoms with Crippen molar-refractivity contribution in [3.8, 4) is 0 Å². The summed E-state index contributed by atoms with van der Waals surface area (Å²) in [5.74, 6) is 0. The zero-order valence-electron chi connectivity index (χ0n) is 16.2. The molecule has 0 aliphatic carbocycles. The van der Waals surface area contributed by atoms with Crippen LogP contribution in [-0.4, -0.2) is 19.7 Å². The highest BCUT2D eigenvalue weighted by Gasteiger charge is 2.31. The van der Waals surface area contributed by atoms with Crippen LogP contribution in [0.1, 0.15) is 0 Å². The SMILES string of the molecule is C[n+]1ccc(N(c2ccc([N+](=O)[O-])cc2[N+](=O)[O-])c2ccc([N+](=O)[O-])cc2[N+](=O)[O-])cc1. The van der Waals surface area contributed by atoms with Crippen molar-refractivity contribution in [2.24, 2.45) is 7.05 Å². The molecule has 0 spiro atoms. The van der Waals surface area contributed by atoms with E-state index in [-0.39, 0.29) is 17.1 Å². The standard InChI is InChI=1S/C18H13N6O8/c1-19-8-6-12(7-9-19)20(15-4-2-13(21(25)26)10-17(15)23(29)30)16-5-3-14(22(27)28)11-18(16)24(31)32/h2-11H,1H3/q+1. The molecule has 32 heavy (non-hydrogen) atoms. The van der Waals surface area contributed by atoms with Crippen molar-refractivity contribution in [1.29, 1.82) is 0 Å². The molecular weight excluding hydrogens is 428 g/mol. The molecule has 0 saturated heterocycles. The van der Waals surface area contributed by atoms with Gasteiger partial charge in [0, 0.05) is 24.3 Å². The Labute approximate surface area is 178 Å². The third-order valence-electron chi connectivity index (χ3n) is 4.43. The second-order valence-corrected chi connectivity index (χ2v) is 6.43. The van der Waals surface area contributed by atoms with E-state index in [1.54, 1.807) is 24.0 Å². The van der Waals surface area contributed by atoms with Crippen molar-refractivity contribution in [2.45, 2.75) is 0 Å². The van der Waals surface area contributed by atoms with Gasteiger partial charge in [-0.05, 0) is 12.1 Å². The fourth-order valence-electron chi connectivity index (χ4n) is 2.97. The van der Waals surface area contributed by atoms with Gasteiger partial charge in [-0.25, -0.2) is 4.57 Å². The smallest absolute Gasteiger partial charge is 0.298 e. The minimum atomic E-state index is -0.852. The molecule has 0 radical (unpaired) electrons. The molecule has 0 unspecified atom stereocenters. The van der Waals surface area contributed by atoms with Gasteiger partial charge in [-0.3, -0.25) is 45.4 Å². The maximum Gasteiger partial charge on any atom is 0.300 e. The van der Waals surface area contributed by atoms with Crippen LogP contribution in [0.4, 0.5) is 39.8 Å². The quantitative estimate of drug-likeness (QED) is 0.300. The van der Waals surface area contributed by atoms with E-state index in [1.807, 2.05) is 0 Å². The van der Waals surface area contributed by atoms with Crippen LogP contribution in [0.3, 0.4) is 0 Å². The summed E-state index contributed by atoms with van der Waals surface area (Å²) >= 11 is 0. The number of nitro groups is 4. The van der Waals surface area contributed by atoms with E-state index in [0.29, 0.717) is 0 Å². The molecule has 1 aromatic heterocycles. The van der Waals surface area contributed by atoms with Crippen molar-refractivity contribution >= 4 is 39.8 Å². The van der Waals surface area contributed by atoms with Crippen molar-refractivity contribution in [3.63, 3.8) is 0 Å². The maximum atomic E-state index is 11.7. The minimum Gasteiger partial charge on any atom is -0.298 e. The summed E-state index contributed by atoms with van der Waals surface area (Å²) in [4.78, 5) is 43.4. The largest absolute Gasteiger partial charge is 0.300 e. The Morgan fingerprint density at radius 1 is 0.656 bits per heavy atom. The molecule has 14 nitrogen and oxygen atoms in total. The topological polar surface area (TPSA) is 180 Å². The van der Waals surface area contributed by atoms with Gasteiger partial charge in [0.05, 0.1) is 37.5 Å². The third kappa shape index (κ3) is 4.13. The van der Waals surface area contributed by atoms with Crippen LogP contribution in [0.2, 0.25) is 0 Å². The van der Waals surface area contributed by atoms with Gasteiger partial charge in [-0.1, -0.05) is 0 Å². The van der Waals surface area contributed by atoms with Crippen LogP contribution >= 0.6 is 0 Å². The molecule has 162 valence electrons. The molecule has 1 heterocycles. The molecule has 0 amide bonds. The van der Waals surface area contributed by atoms with E-state index < -0.39 is 42.4 Å². The predicted molar refractivity (Wildman–Crippen MR) is 109 cm³/mol. The molecule has 2 aromatic carbocycles. The molecule has 3 aromatic rings. The summed E-state index contributed by atoms with van der Waals surface area (Å²) in [6.07, 6.45) is 3.16. The Morgan fingerprint density at radius 3 is 1.41 bits per heavy atom. The third-order valence-corrected chi connectivity index (χ3v) is 4.43. The molecule has 0 atom stereocenters. The number of rotatable bonds is 7. The second kappa shape index (κ2) is 8.39. The van der Waals surface area contributed by atoms with E-state index in [4.69, 9.17) is 0 Å². The summed E-state index contributed by atoms with van der Waals surface area (Å²) in [5.41, 5.74) is -2.61.